The van der Waals surface area contributed by atoms with Crippen LogP contribution in [0.3, 0.4) is 0 Å². The molecule has 1 aromatic rings. The van der Waals surface area contributed by atoms with Crippen LogP contribution < -0.4 is 11.3 Å². The van der Waals surface area contributed by atoms with E-state index in [2.05, 4.69) is 15.4 Å². The molecule has 0 spiro atoms. The zero-order valence-electron chi connectivity index (χ0n) is 10.6. The van der Waals surface area contributed by atoms with Crippen LogP contribution in [0.15, 0.2) is 12.4 Å². The van der Waals surface area contributed by atoms with Gasteiger partial charge in [-0.15, -0.1) is 0 Å². The molecule has 6 nitrogen and oxygen atoms in total. The first-order chi connectivity index (χ1) is 8.72. The third-order valence-electron chi connectivity index (χ3n) is 3.44. The van der Waals surface area contributed by atoms with Gasteiger partial charge in [0.05, 0.1) is 12.4 Å². The van der Waals surface area contributed by atoms with Gasteiger partial charge in [-0.2, -0.15) is 0 Å². The third kappa shape index (κ3) is 2.76. The van der Waals surface area contributed by atoms with Crippen LogP contribution in [0.1, 0.15) is 42.6 Å². The number of hydrogen-bond acceptors (Lipinski definition) is 5. The standard InChI is InChI=1S/C12H19N5O/c1-17(9-5-3-2-4-6-9)12(18)10-7-14-8-11(15-10)16-13/h7-9H,2-6,13H2,1H3,(H,15,16). The maximum atomic E-state index is 12.3. The molecule has 0 aliphatic heterocycles. The van der Waals surface area contributed by atoms with Crippen molar-refractivity contribution in [3.63, 3.8) is 0 Å². The van der Waals surface area contributed by atoms with Crippen molar-refractivity contribution in [1.29, 1.82) is 0 Å². The molecule has 1 amide bonds. The fraction of sp³-hybridized carbons (Fsp3) is 0.583. The van der Waals surface area contributed by atoms with E-state index in [9.17, 15) is 4.79 Å². The number of nitrogens with zero attached hydrogens (tertiary/aromatic N) is 3. The number of aromatic nitrogens is 2. The Morgan fingerprint density at radius 3 is 2.78 bits per heavy atom. The van der Waals surface area contributed by atoms with E-state index in [4.69, 9.17) is 5.84 Å². The minimum Gasteiger partial charge on any atom is -0.337 e. The lowest BCUT2D eigenvalue weighted by atomic mass is 9.94. The normalized spacial score (nSPS) is 16.3. The molecular weight excluding hydrogens is 230 g/mol. The summed E-state index contributed by atoms with van der Waals surface area (Å²) in [4.78, 5) is 22.1. The molecule has 0 aromatic carbocycles. The van der Waals surface area contributed by atoms with Gasteiger partial charge in [-0.05, 0) is 12.8 Å². The Morgan fingerprint density at radius 2 is 2.11 bits per heavy atom. The van der Waals surface area contributed by atoms with Gasteiger partial charge in [0.2, 0.25) is 0 Å². The first-order valence-corrected chi connectivity index (χ1v) is 6.28. The first-order valence-electron chi connectivity index (χ1n) is 6.28. The maximum Gasteiger partial charge on any atom is 0.274 e. The van der Waals surface area contributed by atoms with Crippen LogP contribution in [0.25, 0.3) is 0 Å². The van der Waals surface area contributed by atoms with Crippen LogP contribution in [0, 0.1) is 0 Å². The highest BCUT2D eigenvalue weighted by Crippen LogP contribution is 2.22. The van der Waals surface area contributed by atoms with Gasteiger partial charge >= 0.3 is 0 Å². The molecule has 0 unspecified atom stereocenters. The Labute approximate surface area is 107 Å². The molecule has 1 aliphatic carbocycles. The highest BCUT2D eigenvalue weighted by molar-refractivity contribution is 5.92. The van der Waals surface area contributed by atoms with Crippen molar-refractivity contribution in [2.75, 3.05) is 12.5 Å². The van der Waals surface area contributed by atoms with Crippen molar-refractivity contribution < 1.29 is 4.79 Å². The van der Waals surface area contributed by atoms with E-state index in [1.807, 2.05) is 7.05 Å². The predicted molar refractivity (Wildman–Crippen MR) is 68.8 cm³/mol. The van der Waals surface area contributed by atoms with Gasteiger partial charge in [-0.1, -0.05) is 19.3 Å². The van der Waals surface area contributed by atoms with E-state index in [1.54, 1.807) is 4.90 Å². The Kier molecular flexibility index (Phi) is 4.09. The van der Waals surface area contributed by atoms with Crippen LogP contribution >= 0.6 is 0 Å². The second-order valence-corrected chi connectivity index (χ2v) is 4.64. The van der Waals surface area contributed by atoms with E-state index >= 15 is 0 Å². The van der Waals surface area contributed by atoms with E-state index in [0.29, 0.717) is 17.6 Å². The molecule has 0 atom stereocenters. The molecule has 18 heavy (non-hydrogen) atoms. The summed E-state index contributed by atoms with van der Waals surface area (Å²) in [6.45, 7) is 0. The Bertz CT molecular complexity index is 417. The highest BCUT2D eigenvalue weighted by atomic mass is 16.2. The second-order valence-electron chi connectivity index (χ2n) is 4.64. The average molecular weight is 249 g/mol. The van der Waals surface area contributed by atoms with Gasteiger partial charge in [-0.3, -0.25) is 9.78 Å². The molecule has 6 heteroatoms. The van der Waals surface area contributed by atoms with Gasteiger partial charge < -0.3 is 10.3 Å². The Morgan fingerprint density at radius 1 is 1.39 bits per heavy atom. The van der Waals surface area contributed by atoms with Crippen molar-refractivity contribution in [3.8, 4) is 0 Å². The lowest BCUT2D eigenvalue weighted by Gasteiger charge is -2.30. The molecule has 1 saturated carbocycles. The SMILES string of the molecule is CN(C(=O)c1cncc(NN)n1)C1CCCCC1. The number of amides is 1. The van der Waals surface area contributed by atoms with E-state index < -0.39 is 0 Å². The summed E-state index contributed by atoms with van der Waals surface area (Å²) < 4.78 is 0. The monoisotopic (exact) mass is 249 g/mol. The summed E-state index contributed by atoms with van der Waals surface area (Å²) in [5, 5.41) is 0. The first kappa shape index (κ1) is 12.8. The average Bonchev–Trinajstić information content (AvgIpc) is 2.46. The van der Waals surface area contributed by atoms with E-state index in [0.717, 1.165) is 12.8 Å². The zero-order valence-corrected chi connectivity index (χ0v) is 10.6. The number of hydrogen-bond donors (Lipinski definition) is 2. The van der Waals surface area contributed by atoms with Gasteiger partial charge in [0.1, 0.15) is 5.69 Å². The Balaban J connectivity index is 2.09. The summed E-state index contributed by atoms with van der Waals surface area (Å²) in [5.41, 5.74) is 2.73. The molecule has 1 fully saturated rings. The van der Waals surface area contributed by atoms with Crippen LogP contribution in [-0.4, -0.2) is 33.9 Å². The second kappa shape index (κ2) is 5.77. The summed E-state index contributed by atoms with van der Waals surface area (Å²) >= 11 is 0. The van der Waals surface area contributed by atoms with Crippen molar-refractivity contribution in [2.45, 2.75) is 38.1 Å². The van der Waals surface area contributed by atoms with Crippen molar-refractivity contribution >= 4 is 11.7 Å². The van der Waals surface area contributed by atoms with E-state index in [1.165, 1.54) is 31.7 Å². The maximum absolute atomic E-state index is 12.3. The summed E-state index contributed by atoms with van der Waals surface area (Å²) in [7, 11) is 1.84. The van der Waals surface area contributed by atoms with Crippen molar-refractivity contribution in [3.05, 3.63) is 18.1 Å². The summed E-state index contributed by atoms with van der Waals surface area (Å²) in [5.74, 6) is 5.57. The van der Waals surface area contributed by atoms with Crippen molar-refractivity contribution in [1.82, 2.24) is 14.9 Å². The number of rotatable bonds is 3. The third-order valence-corrected chi connectivity index (χ3v) is 3.44. The topological polar surface area (TPSA) is 84.1 Å². The lowest BCUT2D eigenvalue weighted by molar-refractivity contribution is 0.0690. The number of carbonyl (C=O) groups excluding carboxylic acids is 1. The summed E-state index contributed by atoms with van der Waals surface area (Å²) in [6.07, 6.45) is 8.76. The van der Waals surface area contributed by atoms with Gasteiger partial charge in [0.15, 0.2) is 5.82 Å². The number of nitrogens with one attached hydrogen (secondary N) is 1. The molecule has 98 valence electrons. The smallest absolute Gasteiger partial charge is 0.274 e. The fourth-order valence-corrected chi connectivity index (χ4v) is 2.35. The molecule has 1 heterocycles. The molecule has 3 N–H and O–H groups in total. The number of nitrogens with two attached hydrogens (primary N) is 1. The predicted octanol–water partition coefficient (Wildman–Crippen LogP) is 1.17. The van der Waals surface area contributed by atoms with Crippen LogP contribution in [0.4, 0.5) is 5.82 Å². The van der Waals surface area contributed by atoms with Crippen molar-refractivity contribution in [2.24, 2.45) is 5.84 Å². The highest BCUT2D eigenvalue weighted by Gasteiger charge is 2.23. The van der Waals surface area contributed by atoms with Gasteiger partial charge in [0.25, 0.3) is 5.91 Å². The molecule has 0 radical (unpaired) electrons. The fourth-order valence-electron chi connectivity index (χ4n) is 2.35. The number of anilines is 1. The largest absolute Gasteiger partial charge is 0.337 e. The zero-order chi connectivity index (χ0) is 13.0. The van der Waals surface area contributed by atoms with Crippen LogP contribution in [0.5, 0.6) is 0 Å². The minimum atomic E-state index is -0.0912. The summed E-state index contributed by atoms with van der Waals surface area (Å²) in [6, 6.07) is 0.322. The molecule has 0 bridgehead atoms. The molecule has 2 rings (SSSR count). The number of nitrogen functional groups attached to an aromatic ring is 1. The quantitative estimate of drug-likeness (QED) is 0.620. The van der Waals surface area contributed by atoms with Gasteiger partial charge in [0, 0.05) is 13.1 Å². The Hall–Kier alpha value is -1.69. The lowest BCUT2D eigenvalue weighted by Crippen LogP contribution is -2.38. The molecular formula is C12H19N5O. The van der Waals surface area contributed by atoms with Crippen LogP contribution in [-0.2, 0) is 0 Å². The minimum absolute atomic E-state index is 0.0912. The number of hydrazine groups is 1. The van der Waals surface area contributed by atoms with E-state index in [-0.39, 0.29) is 5.91 Å². The van der Waals surface area contributed by atoms with Gasteiger partial charge in [-0.25, -0.2) is 10.8 Å². The molecule has 0 saturated heterocycles. The number of carbonyl (C=O) groups is 1. The molecule has 1 aromatic heterocycles. The van der Waals surface area contributed by atoms with Crippen LogP contribution in [0.2, 0.25) is 0 Å². The molecule has 1 aliphatic rings.